The second-order valence-electron chi connectivity index (χ2n) is 26.5. The van der Waals surface area contributed by atoms with Gasteiger partial charge in [0.25, 0.3) is 51.6 Å². The van der Waals surface area contributed by atoms with Gasteiger partial charge < -0.3 is 50.5 Å². The minimum Gasteiger partial charge on any atom is -0.424 e. The van der Waals surface area contributed by atoms with Crippen molar-refractivity contribution in [3.05, 3.63) is 284 Å². The topological polar surface area (TPSA) is 498 Å². The minimum atomic E-state index is -5.14. The lowest BCUT2D eigenvalue weighted by atomic mass is 9.80. The Hall–Kier alpha value is -14.6. The number of benzene rings is 10. The largest absolute Gasteiger partial charge is 0.424 e. The van der Waals surface area contributed by atoms with E-state index in [1.165, 1.54) is 97.5 Å². The normalized spacial score (nSPS) is 12.3. The minimum absolute atomic E-state index is 0.000246. The SMILES string of the molecule is Cn1c(=O)c(C(=O)c2ccccc2)c2c3c(c(Nc4ccc(S(=O)(=O)O)c(Nc5nc(NCCNc6nc(Nc7ccc(S(=O)(=O)O)c(Nc8ccc9c%10c8C(=O)c8ccccc8-c%10c(C(=O)c8cccc(S(=O)(=O)O)c8)c(=O)n9C)c7)nc(Oc7ccc(S(=O)(=O)O)cc7)n6)nc(Oc6ccccc6)n5)c4)ccc31)C(=O)c1ccccc1-2. The van der Waals surface area contributed by atoms with Crippen LogP contribution in [0.25, 0.3) is 44.1 Å². The van der Waals surface area contributed by atoms with Gasteiger partial charge in [0.05, 0.1) is 65.8 Å². The van der Waals surface area contributed by atoms with E-state index in [4.69, 9.17) is 9.47 Å². The van der Waals surface area contributed by atoms with Crippen molar-refractivity contribution < 1.29 is 80.5 Å². The van der Waals surface area contributed by atoms with Crippen LogP contribution in [0.1, 0.15) is 63.7 Å². The molecule has 10 N–H and O–H groups in total. The van der Waals surface area contributed by atoms with Gasteiger partial charge in [0.15, 0.2) is 23.1 Å². The summed E-state index contributed by atoms with van der Waals surface area (Å²) in [5, 5.41) is 18.3. The van der Waals surface area contributed by atoms with Gasteiger partial charge in [-0.2, -0.15) is 63.6 Å². The lowest BCUT2D eigenvalue weighted by Crippen LogP contribution is -2.29. The molecule has 14 aromatic rings. The molecule has 0 amide bonds. The highest BCUT2D eigenvalue weighted by Crippen LogP contribution is 2.47. The highest BCUT2D eigenvalue weighted by Gasteiger charge is 2.37. The van der Waals surface area contributed by atoms with Gasteiger partial charge in [-0.15, -0.1) is 0 Å². The summed E-state index contributed by atoms with van der Waals surface area (Å²) in [6, 6.07) is 50.2. The number of nitrogens with one attached hydrogen (secondary N) is 6. The Kier molecular flexibility index (Phi) is 19.6. The molecule has 118 heavy (non-hydrogen) atoms. The van der Waals surface area contributed by atoms with Crippen molar-refractivity contribution in [1.82, 2.24) is 39.0 Å². The first-order valence-corrected chi connectivity index (χ1v) is 40.8. The Labute approximate surface area is 667 Å². The molecule has 34 nitrogen and oxygen atoms in total. The summed E-state index contributed by atoms with van der Waals surface area (Å²) in [5.41, 5.74) is -1.33. The fourth-order valence-corrected chi connectivity index (χ4v) is 16.1. The molecule has 0 radical (unpaired) electrons. The zero-order chi connectivity index (χ0) is 83.0. The molecule has 2 aliphatic carbocycles. The van der Waals surface area contributed by atoms with E-state index in [-0.39, 0.29) is 155 Å². The first kappa shape index (κ1) is 77.3. The highest BCUT2D eigenvalue weighted by atomic mass is 32.2. The first-order valence-electron chi connectivity index (χ1n) is 35.0. The zero-order valence-corrected chi connectivity index (χ0v) is 64.0. The van der Waals surface area contributed by atoms with Crippen LogP contribution in [0, 0.1) is 0 Å². The fourth-order valence-electron chi connectivity index (χ4n) is 13.9. The predicted molar refractivity (Wildman–Crippen MR) is 431 cm³/mol. The van der Waals surface area contributed by atoms with Crippen LogP contribution in [0.4, 0.5) is 57.9 Å². The number of carbonyl (C=O) groups is 4. The van der Waals surface area contributed by atoms with Crippen LogP contribution in [0.2, 0.25) is 0 Å². The molecule has 0 fully saturated rings. The molecule has 0 saturated heterocycles. The third-order valence-corrected chi connectivity index (χ3v) is 22.7. The van der Waals surface area contributed by atoms with Crippen molar-refractivity contribution in [2.24, 2.45) is 14.1 Å². The van der Waals surface area contributed by atoms with E-state index in [0.717, 1.165) is 41.0 Å². The third kappa shape index (κ3) is 14.8. The summed E-state index contributed by atoms with van der Waals surface area (Å²) in [4.78, 5) is 112. The third-order valence-electron chi connectivity index (χ3n) is 19.1. The molecular weight excluding hydrogens is 1610 g/mol. The maximum atomic E-state index is 15.0. The van der Waals surface area contributed by atoms with Crippen LogP contribution in [0.3, 0.4) is 0 Å². The lowest BCUT2D eigenvalue weighted by Gasteiger charge is -2.26. The molecule has 4 aromatic heterocycles. The summed E-state index contributed by atoms with van der Waals surface area (Å²) >= 11 is 0. The molecule has 10 aromatic carbocycles. The van der Waals surface area contributed by atoms with Crippen molar-refractivity contribution in [1.29, 1.82) is 0 Å². The zero-order valence-electron chi connectivity index (χ0n) is 60.7. The maximum absolute atomic E-state index is 15.0. The van der Waals surface area contributed by atoms with E-state index < -0.39 is 106 Å². The summed E-state index contributed by atoms with van der Waals surface area (Å²) in [6.45, 7) is -0.234. The molecule has 4 heterocycles. The Morgan fingerprint density at radius 3 is 1.27 bits per heavy atom. The maximum Gasteiger partial charge on any atom is 0.328 e. The average molecular weight is 1660 g/mol. The van der Waals surface area contributed by atoms with Gasteiger partial charge in [-0.3, -0.25) is 47.0 Å². The molecule has 0 spiro atoms. The first-order chi connectivity index (χ1) is 56.3. The number of carbonyl (C=O) groups excluding carboxylic acids is 4. The fraction of sp³-hybridized carbons (Fsp3) is 0.0500. The summed E-state index contributed by atoms with van der Waals surface area (Å²) in [6.07, 6.45) is 0. The standard InChI is InChI=1S/C80H56N14O20S4/c1-93-57-32-30-53(63-65(57)61(49-20-9-11-22-51(49)71(63)97)67(73(93)99)69(95)41-14-5-3-6-15-41)83-43-24-34-60(118(110,111)112)56(39-43)86-78-88-76(90-80(92-78)113-45-17-7-4-8-18-45)82-37-36-81-75-87-77(91-79(89-75)114-46-26-28-47(29-27-46)115(101,102)103)84-44-25-35-59(117(107,108)109)55(40-44)85-54-31-33-58-66-62(50-21-10-12-23-52(50)72(98)64(54)66)68(74(100)94(58)2)70(96)42-16-13-19-48(38-42)116(104,105)106/h3-35,38-40,83,85H,36-37H2,1-2H3,(H,101,102,103)(H,104,105,106)(H,107,108,109)(H,110,111,112)(H2,81,84,87,89,91)(H2,82,86,88,90,92). The van der Waals surface area contributed by atoms with E-state index in [1.54, 1.807) is 103 Å². The predicted octanol–water partition coefficient (Wildman–Crippen LogP) is 11.7. The van der Waals surface area contributed by atoms with Crippen molar-refractivity contribution in [3.8, 4) is 45.8 Å². The van der Waals surface area contributed by atoms with Crippen LogP contribution in [0.15, 0.2) is 248 Å². The van der Waals surface area contributed by atoms with Crippen molar-refractivity contribution in [2.75, 3.05) is 45.0 Å². The van der Waals surface area contributed by atoms with Gasteiger partial charge in [-0.05, 0) is 120 Å². The number of ketones is 4. The van der Waals surface area contributed by atoms with E-state index in [2.05, 4.69) is 61.8 Å². The number of anilines is 10. The number of aromatic nitrogens is 8. The molecule has 0 atom stereocenters. The number of pyridine rings is 2. The van der Waals surface area contributed by atoms with Gasteiger partial charge >= 0.3 is 12.0 Å². The number of aryl methyl sites for hydroxylation is 2. The Balaban J connectivity index is 0.710. The monoisotopic (exact) mass is 1660 g/mol. The lowest BCUT2D eigenvalue weighted by molar-refractivity contribution is 0.102. The number of para-hydroxylation sites is 1. The van der Waals surface area contributed by atoms with E-state index in [0.29, 0.717) is 16.5 Å². The van der Waals surface area contributed by atoms with E-state index >= 15 is 0 Å². The Morgan fingerprint density at radius 2 is 0.780 bits per heavy atom. The molecule has 0 aliphatic heterocycles. The van der Waals surface area contributed by atoms with Crippen LogP contribution in [-0.4, -0.2) is 127 Å². The van der Waals surface area contributed by atoms with Crippen molar-refractivity contribution in [3.63, 3.8) is 0 Å². The highest BCUT2D eigenvalue weighted by molar-refractivity contribution is 7.86. The molecule has 590 valence electrons. The molecular formula is C80H56N14O20S4. The second-order valence-corrected chi connectivity index (χ2v) is 32.1. The van der Waals surface area contributed by atoms with Gasteiger partial charge in [-0.1, -0.05) is 109 Å². The molecule has 0 unspecified atom stereocenters. The van der Waals surface area contributed by atoms with Crippen LogP contribution in [-0.2, 0) is 54.6 Å². The van der Waals surface area contributed by atoms with E-state index in [1.807, 2.05) is 0 Å². The number of fused-ring (bicyclic) bond motifs is 4. The number of nitrogens with zero attached hydrogens (tertiary/aromatic N) is 8. The number of hydrogen-bond acceptors (Lipinski definition) is 28. The van der Waals surface area contributed by atoms with E-state index in [9.17, 15) is 80.6 Å². The van der Waals surface area contributed by atoms with Crippen LogP contribution >= 0.6 is 0 Å². The Bertz CT molecular complexity index is 7310. The number of hydrogen-bond donors (Lipinski definition) is 10. The quantitative estimate of drug-likeness (QED) is 0.0144. The molecule has 38 heteroatoms. The summed E-state index contributed by atoms with van der Waals surface area (Å²) in [5.74, 6) is -3.56. The summed E-state index contributed by atoms with van der Waals surface area (Å²) in [7, 11) is -16.9. The molecule has 0 bridgehead atoms. The molecule has 16 rings (SSSR count). The van der Waals surface area contributed by atoms with Gasteiger partial charge in [-0.25, -0.2) is 0 Å². The number of rotatable bonds is 25. The van der Waals surface area contributed by atoms with Crippen LogP contribution < -0.4 is 52.5 Å². The smallest absolute Gasteiger partial charge is 0.328 e. The molecule has 0 saturated carbocycles. The molecule has 2 aliphatic rings. The van der Waals surface area contributed by atoms with Crippen molar-refractivity contribution >= 4 is 143 Å². The summed E-state index contributed by atoms with van der Waals surface area (Å²) < 4.78 is 157. The average Bonchev–Trinajstić information content (AvgIpc) is 0.710. The second kappa shape index (κ2) is 30.0. The van der Waals surface area contributed by atoms with Crippen molar-refractivity contribution in [2.45, 2.75) is 19.6 Å². The Morgan fingerprint density at radius 1 is 0.364 bits per heavy atom. The van der Waals surface area contributed by atoms with Gasteiger partial charge in [0.2, 0.25) is 23.8 Å². The van der Waals surface area contributed by atoms with Gasteiger partial charge in [0.1, 0.15) is 21.3 Å². The van der Waals surface area contributed by atoms with Gasteiger partial charge in [0, 0.05) is 82.7 Å². The number of ether oxygens (including phenoxy) is 2. The van der Waals surface area contributed by atoms with Crippen LogP contribution in [0.5, 0.6) is 23.5 Å².